The van der Waals surface area contributed by atoms with Crippen molar-refractivity contribution in [3.63, 3.8) is 0 Å². The van der Waals surface area contributed by atoms with Crippen LogP contribution in [-0.2, 0) is 6.54 Å². The molecule has 132 valence electrons. The number of benzene rings is 2. The summed E-state index contributed by atoms with van der Waals surface area (Å²) < 4.78 is 0.701. The van der Waals surface area contributed by atoms with Crippen LogP contribution in [0.5, 0.6) is 0 Å². The zero-order valence-electron chi connectivity index (χ0n) is 14.1. The molecule has 1 heterocycles. The normalized spacial score (nSPS) is 10.4. The van der Waals surface area contributed by atoms with Crippen molar-refractivity contribution >= 4 is 44.8 Å². The molecule has 0 saturated carbocycles. The molecule has 2 aromatic carbocycles. The Morgan fingerprint density at radius 1 is 0.962 bits per heavy atom. The summed E-state index contributed by atoms with van der Waals surface area (Å²) in [6.07, 6.45) is 0. The lowest BCUT2D eigenvalue weighted by molar-refractivity contribution is 0.0952. The van der Waals surface area contributed by atoms with Crippen molar-refractivity contribution in [1.82, 2.24) is 5.32 Å². The average molecular weight is 429 g/mol. The second kappa shape index (κ2) is 8.29. The number of aryl methyl sites for hydroxylation is 1. The number of rotatable bonds is 5. The van der Waals surface area contributed by atoms with Gasteiger partial charge in [-0.2, -0.15) is 0 Å². The number of anilines is 1. The van der Waals surface area contributed by atoms with E-state index in [9.17, 15) is 9.59 Å². The second-order valence-corrected chi connectivity index (χ2v) is 7.54. The molecule has 0 atom stereocenters. The van der Waals surface area contributed by atoms with Gasteiger partial charge in [-0.1, -0.05) is 24.3 Å². The van der Waals surface area contributed by atoms with Gasteiger partial charge in [0.1, 0.15) is 0 Å². The van der Waals surface area contributed by atoms with Gasteiger partial charge in [0.25, 0.3) is 11.8 Å². The van der Waals surface area contributed by atoms with E-state index in [1.54, 1.807) is 53.8 Å². The lowest BCUT2D eigenvalue weighted by Gasteiger charge is -2.12. The third-order valence-electron chi connectivity index (χ3n) is 3.92. The van der Waals surface area contributed by atoms with Gasteiger partial charge in [0.15, 0.2) is 0 Å². The molecular weight excluding hydrogens is 412 g/mol. The highest BCUT2D eigenvalue weighted by Crippen LogP contribution is 2.21. The van der Waals surface area contributed by atoms with Crippen molar-refractivity contribution < 1.29 is 9.59 Å². The molecule has 0 fully saturated rings. The number of halogens is 1. The molecule has 0 aliphatic carbocycles. The van der Waals surface area contributed by atoms with Gasteiger partial charge in [-0.25, -0.2) is 0 Å². The van der Waals surface area contributed by atoms with E-state index >= 15 is 0 Å². The molecule has 0 saturated heterocycles. The number of hydrogen-bond acceptors (Lipinski definition) is 3. The zero-order valence-corrected chi connectivity index (χ0v) is 16.5. The summed E-state index contributed by atoms with van der Waals surface area (Å²) in [5.74, 6) is -0.493. The Balaban J connectivity index is 1.75. The fraction of sp³-hybridized carbons (Fsp3) is 0.100. The molecular formula is C20H17BrN2O2S. The van der Waals surface area contributed by atoms with E-state index in [0.717, 1.165) is 10.4 Å². The van der Waals surface area contributed by atoms with Gasteiger partial charge in [0.2, 0.25) is 0 Å². The summed E-state index contributed by atoms with van der Waals surface area (Å²) in [5.41, 5.74) is 2.58. The van der Waals surface area contributed by atoms with Crippen LogP contribution in [0.3, 0.4) is 0 Å². The van der Waals surface area contributed by atoms with Crippen molar-refractivity contribution in [1.29, 1.82) is 0 Å². The summed E-state index contributed by atoms with van der Waals surface area (Å²) in [5, 5.41) is 7.75. The minimum Gasteiger partial charge on any atom is -0.347 e. The molecule has 0 unspecified atom stereocenters. The van der Waals surface area contributed by atoms with Crippen LogP contribution in [0, 0.1) is 6.92 Å². The Morgan fingerprint density at radius 3 is 2.35 bits per heavy atom. The number of para-hydroxylation sites is 1. The standard InChI is InChI=1S/C20H17BrN2O2S/c1-13-10-11-26-18(13)12-22-19(24)15-7-3-5-9-17(15)23-20(25)14-6-2-4-8-16(14)21/h2-11H,12H2,1H3,(H,22,24)(H,23,25). The lowest BCUT2D eigenvalue weighted by atomic mass is 10.1. The smallest absolute Gasteiger partial charge is 0.256 e. The largest absolute Gasteiger partial charge is 0.347 e. The summed E-state index contributed by atoms with van der Waals surface area (Å²) >= 11 is 4.98. The van der Waals surface area contributed by atoms with Crippen LogP contribution < -0.4 is 10.6 Å². The van der Waals surface area contributed by atoms with Crippen LogP contribution in [0.15, 0.2) is 64.5 Å². The predicted octanol–water partition coefficient (Wildman–Crippen LogP) is 5.00. The van der Waals surface area contributed by atoms with E-state index in [-0.39, 0.29) is 11.8 Å². The first-order valence-corrected chi connectivity index (χ1v) is 9.69. The Hall–Kier alpha value is -2.44. The molecule has 3 aromatic rings. The Bertz CT molecular complexity index is 952. The van der Waals surface area contributed by atoms with Crippen LogP contribution in [0.2, 0.25) is 0 Å². The van der Waals surface area contributed by atoms with E-state index in [1.807, 2.05) is 24.4 Å². The first-order valence-electron chi connectivity index (χ1n) is 8.02. The molecule has 0 aliphatic heterocycles. The molecule has 0 spiro atoms. The highest BCUT2D eigenvalue weighted by atomic mass is 79.9. The van der Waals surface area contributed by atoms with Crippen molar-refractivity contribution in [2.45, 2.75) is 13.5 Å². The number of amides is 2. The van der Waals surface area contributed by atoms with Gasteiger partial charge in [0.05, 0.1) is 23.4 Å². The Morgan fingerprint density at radius 2 is 1.65 bits per heavy atom. The van der Waals surface area contributed by atoms with Crippen molar-refractivity contribution in [2.24, 2.45) is 0 Å². The van der Waals surface area contributed by atoms with Crippen LogP contribution in [0.1, 0.15) is 31.2 Å². The van der Waals surface area contributed by atoms with Gasteiger partial charge in [-0.05, 0) is 64.1 Å². The van der Waals surface area contributed by atoms with Crippen LogP contribution in [0.4, 0.5) is 5.69 Å². The SMILES string of the molecule is Cc1ccsc1CNC(=O)c1ccccc1NC(=O)c1ccccc1Br. The highest BCUT2D eigenvalue weighted by molar-refractivity contribution is 9.10. The maximum Gasteiger partial charge on any atom is 0.256 e. The molecule has 0 bridgehead atoms. The average Bonchev–Trinajstić information content (AvgIpc) is 3.05. The summed E-state index contributed by atoms with van der Waals surface area (Å²) in [6.45, 7) is 2.48. The van der Waals surface area contributed by atoms with Crippen LogP contribution >= 0.6 is 27.3 Å². The molecule has 0 radical (unpaired) electrons. The minimum atomic E-state index is -0.271. The van der Waals surface area contributed by atoms with Gasteiger partial charge < -0.3 is 10.6 Å². The molecule has 3 rings (SSSR count). The van der Waals surface area contributed by atoms with Crippen molar-refractivity contribution in [3.05, 3.63) is 86.0 Å². The topological polar surface area (TPSA) is 58.2 Å². The molecule has 4 nitrogen and oxygen atoms in total. The zero-order chi connectivity index (χ0) is 18.5. The number of carbonyl (C=O) groups is 2. The van der Waals surface area contributed by atoms with Crippen molar-refractivity contribution in [2.75, 3.05) is 5.32 Å². The molecule has 2 N–H and O–H groups in total. The second-order valence-electron chi connectivity index (χ2n) is 5.69. The van der Waals surface area contributed by atoms with Gasteiger partial charge in [-0.15, -0.1) is 11.3 Å². The fourth-order valence-corrected chi connectivity index (χ4v) is 3.78. The fourth-order valence-electron chi connectivity index (χ4n) is 2.47. The summed E-state index contributed by atoms with van der Waals surface area (Å²) in [6, 6.07) is 16.2. The minimum absolute atomic E-state index is 0.221. The lowest BCUT2D eigenvalue weighted by Crippen LogP contribution is -2.24. The number of nitrogens with one attached hydrogen (secondary N) is 2. The third kappa shape index (κ3) is 4.20. The summed E-state index contributed by atoms with van der Waals surface area (Å²) in [7, 11) is 0. The maximum atomic E-state index is 12.6. The van der Waals surface area contributed by atoms with E-state index < -0.39 is 0 Å². The van der Waals surface area contributed by atoms with E-state index in [0.29, 0.717) is 27.8 Å². The quantitative estimate of drug-likeness (QED) is 0.600. The molecule has 2 amide bonds. The van der Waals surface area contributed by atoms with Gasteiger partial charge in [0, 0.05) is 9.35 Å². The predicted molar refractivity (Wildman–Crippen MR) is 109 cm³/mol. The first-order chi connectivity index (χ1) is 12.6. The number of hydrogen-bond donors (Lipinski definition) is 2. The van der Waals surface area contributed by atoms with Gasteiger partial charge >= 0.3 is 0 Å². The number of thiophene rings is 1. The third-order valence-corrected chi connectivity index (χ3v) is 5.63. The Kier molecular flexibility index (Phi) is 5.85. The van der Waals surface area contributed by atoms with E-state index in [2.05, 4.69) is 26.6 Å². The molecule has 0 aliphatic rings. The monoisotopic (exact) mass is 428 g/mol. The van der Waals surface area contributed by atoms with E-state index in [1.165, 1.54) is 0 Å². The summed E-state index contributed by atoms with van der Waals surface area (Å²) in [4.78, 5) is 26.2. The first kappa shape index (κ1) is 18.4. The Labute approximate surface area is 164 Å². The maximum absolute atomic E-state index is 12.6. The number of carbonyl (C=O) groups excluding carboxylic acids is 2. The highest BCUT2D eigenvalue weighted by Gasteiger charge is 2.15. The van der Waals surface area contributed by atoms with Crippen LogP contribution in [-0.4, -0.2) is 11.8 Å². The molecule has 6 heteroatoms. The van der Waals surface area contributed by atoms with Crippen molar-refractivity contribution in [3.8, 4) is 0 Å². The van der Waals surface area contributed by atoms with Gasteiger partial charge in [-0.3, -0.25) is 9.59 Å². The van der Waals surface area contributed by atoms with E-state index in [4.69, 9.17) is 0 Å². The molecule has 1 aromatic heterocycles. The molecule has 26 heavy (non-hydrogen) atoms. The van der Waals surface area contributed by atoms with Crippen LogP contribution in [0.25, 0.3) is 0 Å².